The van der Waals surface area contributed by atoms with Crippen LogP contribution in [0.25, 0.3) is 0 Å². The van der Waals surface area contributed by atoms with Gasteiger partial charge in [-0.3, -0.25) is 14.5 Å². The number of halogens is 1. The van der Waals surface area contributed by atoms with Crippen LogP contribution >= 0.6 is 11.3 Å². The van der Waals surface area contributed by atoms with Gasteiger partial charge in [-0.25, -0.2) is 4.39 Å². The van der Waals surface area contributed by atoms with E-state index in [9.17, 15) is 14.0 Å². The first kappa shape index (κ1) is 17.6. The number of nitrogens with zero attached hydrogens (tertiary/aromatic N) is 2. The zero-order chi connectivity index (χ0) is 17.6. The van der Waals surface area contributed by atoms with Crippen molar-refractivity contribution in [2.75, 3.05) is 39.3 Å². The van der Waals surface area contributed by atoms with Gasteiger partial charge in [0.05, 0.1) is 10.4 Å². The molecule has 0 unspecified atom stereocenters. The van der Waals surface area contributed by atoms with Crippen molar-refractivity contribution in [3.05, 3.63) is 58.0 Å². The van der Waals surface area contributed by atoms with Gasteiger partial charge in [0.1, 0.15) is 5.82 Å². The third-order valence-corrected chi connectivity index (χ3v) is 5.09. The fourth-order valence-electron chi connectivity index (χ4n) is 2.80. The van der Waals surface area contributed by atoms with Crippen LogP contribution in [0.4, 0.5) is 4.39 Å². The quantitative estimate of drug-likeness (QED) is 0.887. The molecule has 132 valence electrons. The Labute approximate surface area is 150 Å². The Morgan fingerprint density at radius 3 is 2.52 bits per heavy atom. The summed E-state index contributed by atoms with van der Waals surface area (Å²) in [5.41, 5.74) is 0.124. The molecule has 1 aromatic carbocycles. The lowest BCUT2D eigenvalue weighted by molar-refractivity contribution is 0.0633. The number of rotatable bonds is 5. The maximum Gasteiger partial charge on any atom is 0.261 e. The Bertz CT molecular complexity index is 728. The number of nitrogens with one attached hydrogen (secondary N) is 1. The van der Waals surface area contributed by atoms with Crippen molar-refractivity contribution < 1.29 is 14.0 Å². The first-order chi connectivity index (χ1) is 12.1. The molecule has 0 bridgehead atoms. The maximum absolute atomic E-state index is 13.7. The van der Waals surface area contributed by atoms with Crippen LogP contribution in [-0.4, -0.2) is 60.9 Å². The Balaban J connectivity index is 1.42. The van der Waals surface area contributed by atoms with Gasteiger partial charge in [0.15, 0.2) is 0 Å². The molecular weight excluding hydrogens is 341 g/mol. The molecule has 1 fully saturated rings. The van der Waals surface area contributed by atoms with Crippen molar-refractivity contribution in [2.45, 2.75) is 0 Å². The lowest BCUT2D eigenvalue weighted by Crippen LogP contribution is -2.50. The lowest BCUT2D eigenvalue weighted by Gasteiger charge is -2.34. The second-order valence-corrected chi connectivity index (χ2v) is 6.79. The van der Waals surface area contributed by atoms with Gasteiger partial charge in [-0.05, 0) is 23.6 Å². The van der Waals surface area contributed by atoms with Crippen molar-refractivity contribution in [1.82, 2.24) is 15.1 Å². The summed E-state index contributed by atoms with van der Waals surface area (Å²) in [5, 5.41) is 4.78. The van der Waals surface area contributed by atoms with Crippen LogP contribution in [0.15, 0.2) is 41.8 Å². The normalized spacial score (nSPS) is 15.2. The summed E-state index contributed by atoms with van der Waals surface area (Å²) in [5.74, 6) is -0.793. The van der Waals surface area contributed by atoms with E-state index in [-0.39, 0.29) is 17.4 Å². The van der Waals surface area contributed by atoms with E-state index in [2.05, 4.69) is 10.2 Å². The van der Waals surface area contributed by atoms with Gasteiger partial charge in [0.2, 0.25) is 0 Å². The Hall–Kier alpha value is -2.25. The molecule has 7 heteroatoms. The molecule has 1 aromatic heterocycles. The van der Waals surface area contributed by atoms with Crippen LogP contribution in [0.3, 0.4) is 0 Å². The molecule has 0 atom stereocenters. The van der Waals surface area contributed by atoms with Crippen molar-refractivity contribution >= 4 is 23.2 Å². The smallest absolute Gasteiger partial charge is 0.261 e. The van der Waals surface area contributed by atoms with Gasteiger partial charge >= 0.3 is 0 Å². The van der Waals surface area contributed by atoms with E-state index in [1.165, 1.54) is 23.5 Å². The molecular formula is C18H20FN3O2S. The second kappa shape index (κ2) is 8.22. The number of carbonyl (C=O) groups is 2. The summed E-state index contributed by atoms with van der Waals surface area (Å²) in [4.78, 5) is 28.8. The molecule has 1 aliphatic rings. The summed E-state index contributed by atoms with van der Waals surface area (Å²) >= 11 is 1.42. The Morgan fingerprint density at radius 2 is 1.84 bits per heavy atom. The molecule has 2 aromatic rings. The highest BCUT2D eigenvalue weighted by molar-refractivity contribution is 7.12. The van der Waals surface area contributed by atoms with Gasteiger partial charge in [-0.15, -0.1) is 11.3 Å². The standard InChI is InChI=1S/C18H20FN3O2S/c19-15-5-2-1-4-14(15)18(24)22-11-9-21(10-12-22)8-7-20-17(23)16-6-3-13-25-16/h1-6,13H,7-12H2,(H,20,23). The fraction of sp³-hybridized carbons (Fsp3) is 0.333. The van der Waals surface area contributed by atoms with Gasteiger partial charge in [0, 0.05) is 39.3 Å². The zero-order valence-corrected chi connectivity index (χ0v) is 14.6. The highest BCUT2D eigenvalue weighted by Gasteiger charge is 2.23. The number of piperazine rings is 1. The minimum atomic E-state index is -0.480. The molecule has 0 aliphatic carbocycles. The summed E-state index contributed by atoms with van der Waals surface area (Å²) in [7, 11) is 0. The largest absolute Gasteiger partial charge is 0.350 e. The first-order valence-electron chi connectivity index (χ1n) is 8.23. The van der Waals surface area contributed by atoms with Gasteiger partial charge in [-0.2, -0.15) is 0 Å². The van der Waals surface area contributed by atoms with Crippen LogP contribution < -0.4 is 5.32 Å². The third-order valence-electron chi connectivity index (χ3n) is 4.22. The number of amides is 2. The van der Waals surface area contributed by atoms with E-state index in [1.807, 2.05) is 11.4 Å². The van der Waals surface area contributed by atoms with Gasteiger partial charge in [-0.1, -0.05) is 18.2 Å². The molecule has 1 aliphatic heterocycles. The predicted octanol–water partition coefficient (Wildman–Crippen LogP) is 2.08. The van der Waals surface area contributed by atoms with E-state index >= 15 is 0 Å². The van der Waals surface area contributed by atoms with Crippen LogP contribution in [-0.2, 0) is 0 Å². The summed E-state index contributed by atoms with van der Waals surface area (Å²) < 4.78 is 13.7. The van der Waals surface area contributed by atoms with Crippen molar-refractivity contribution in [1.29, 1.82) is 0 Å². The number of benzene rings is 1. The molecule has 3 rings (SSSR count). The zero-order valence-electron chi connectivity index (χ0n) is 13.8. The molecule has 2 amide bonds. The lowest BCUT2D eigenvalue weighted by atomic mass is 10.1. The molecule has 2 heterocycles. The monoisotopic (exact) mass is 361 g/mol. The molecule has 0 spiro atoms. The highest BCUT2D eigenvalue weighted by Crippen LogP contribution is 2.12. The van der Waals surface area contributed by atoms with E-state index in [4.69, 9.17) is 0 Å². The van der Waals surface area contributed by atoms with Gasteiger partial charge in [0.25, 0.3) is 11.8 Å². The summed E-state index contributed by atoms with van der Waals surface area (Å²) in [6.07, 6.45) is 0. The average Bonchev–Trinajstić information content (AvgIpc) is 3.17. The van der Waals surface area contributed by atoms with E-state index in [1.54, 1.807) is 23.1 Å². The van der Waals surface area contributed by atoms with Gasteiger partial charge < -0.3 is 10.2 Å². The minimum absolute atomic E-state index is 0.0524. The molecule has 5 nitrogen and oxygen atoms in total. The summed E-state index contributed by atoms with van der Waals surface area (Å²) in [6.45, 7) is 3.86. The van der Waals surface area contributed by atoms with Crippen molar-refractivity contribution in [2.24, 2.45) is 0 Å². The topological polar surface area (TPSA) is 52.7 Å². The minimum Gasteiger partial charge on any atom is -0.350 e. The van der Waals surface area contributed by atoms with E-state index in [0.29, 0.717) is 24.5 Å². The van der Waals surface area contributed by atoms with E-state index in [0.717, 1.165) is 19.6 Å². The highest BCUT2D eigenvalue weighted by atomic mass is 32.1. The number of thiophene rings is 1. The van der Waals surface area contributed by atoms with Crippen LogP contribution in [0, 0.1) is 5.82 Å². The molecule has 0 saturated carbocycles. The second-order valence-electron chi connectivity index (χ2n) is 5.85. The molecule has 1 saturated heterocycles. The Morgan fingerprint density at radius 1 is 1.08 bits per heavy atom. The first-order valence-corrected chi connectivity index (χ1v) is 9.11. The van der Waals surface area contributed by atoms with E-state index < -0.39 is 5.82 Å². The van der Waals surface area contributed by atoms with Crippen molar-refractivity contribution in [3.63, 3.8) is 0 Å². The molecule has 0 radical (unpaired) electrons. The molecule has 25 heavy (non-hydrogen) atoms. The SMILES string of the molecule is O=C(NCCN1CCN(C(=O)c2ccccc2F)CC1)c1cccs1. The summed E-state index contributed by atoms with van der Waals surface area (Å²) in [6, 6.07) is 9.72. The van der Waals surface area contributed by atoms with Crippen molar-refractivity contribution in [3.8, 4) is 0 Å². The fourth-order valence-corrected chi connectivity index (χ4v) is 3.44. The maximum atomic E-state index is 13.7. The van der Waals surface area contributed by atoms with Crippen LogP contribution in [0.1, 0.15) is 20.0 Å². The molecule has 1 N–H and O–H groups in total. The van der Waals surface area contributed by atoms with Crippen LogP contribution in [0.5, 0.6) is 0 Å². The Kier molecular flexibility index (Phi) is 5.78. The number of hydrogen-bond acceptors (Lipinski definition) is 4. The third kappa shape index (κ3) is 4.43. The number of carbonyl (C=O) groups excluding carboxylic acids is 2. The number of hydrogen-bond donors (Lipinski definition) is 1. The average molecular weight is 361 g/mol. The van der Waals surface area contributed by atoms with Crippen LogP contribution in [0.2, 0.25) is 0 Å². The predicted molar refractivity (Wildman–Crippen MR) is 95.4 cm³/mol.